The number of nitrogens with zero attached hydrogens (tertiary/aromatic N) is 3. The predicted molar refractivity (Wildman–Crippen MR) is 82.4 cm³/mol. The zero-order valence-corrected chi connectivity index (χ0v) is 12.8. The Labute approximate surface area is 128 Å². The highest BCUT2D eigenvalue weighted by atomic mass is 32.2. The van der Waals surface area contributed by atoms with Crippen LogP contribution in [0, 0.1) is 0 Å². The Kier molecular flexibility index (Phi) is 3.58. The van der Waals surface area contributed by atoms with E-state index in [1.807, 2.05) is 25.1 Å². The van der Waals surface area contributed by atoms with E-state index in [9.17, 15) is 13.5 Å². The SMILES string of the molecule is CCCS(=O)(=O)c1cccc(-c2ccc3cnc(O)nn23)c1. The van der Waals surface area contributed by atoms with E-state index in [2.05, 4.69) is 10.1 Å². The fraction of sp³-hybridized carbons (Fsp3) is 0.200. The highest BCUT2D eigenvalue weighted by Crippen LogP contribution is 2.25. The summed E-state index contributed by atoms with van der Waals surface area (Å²) in [6.07, 6.45) is 2.07. The molecule has 0 fully saturated rings. The van der Waals surface area contributed by atoms with E-state index in [0.29, 0.717) is 17.0 Å². The summed E-state index contributed by atoms with van der Waals surface area (Å²) >= 11 is 0. The maximum absolute atomic E-state index is 12.2. The molecule has 3 rings (SSSR count). The van der Waals surface area contributed by atoms with Gasteiger partial charge in [0.15, 0.2) is 9.84 Å². The fourth-order valence-corrected chi connectivity index (χ4v) is 3.71. The van der Waals surface area contributed by atoms with Crippen molar-refractivity contribution in [3.8, 4) is 17.3 Å². The van der Waals surface area contributed by atoms with Crippen LogP contribution in [0.4, 0.5) is 0 Å². The van der Waals surface area contributed by atoms with Crippen LogP contribution in [-0.4, -0.2) is 33.9 Å². The number of benzene rings is 1. The van der Waals surface area contributed by atoms with Crippen LogP contribution in [0.25, 0.3) is 16.8 Å². The van der Waals surface area contributed by atoms with E-state index < -0.39 is 9.84 Å². The van der Waals surface area contributed by atoms with E-state index >= 15 is 0 Å². The molecule has 0 saturated heterocycles. The number of aromatic hydroxyl groups is 1. The Morgan fingerprint density at radius 1 is 1.23 bits per heavy atom. The first-order chi connectivity index (χ1) is 10.5. The Balaban J connectivity index is 2.14. The van der Waals surface area contributed by atoms with Crippen molar-refractivity contribution < 1.29 is 13.5 Å². The Hall–Kier alpha value is -2.41. The molecule has 1 aromatic carbocycles. The number of aromatic nitrogens is 3. The molecule has 0 unspecified atom stereocenters. The van der Waals surface area contributed by atoms with Crippen LogP contribution in [-0.2, 0) is 9.84 Å². The summed E-state index contributed by atoms with van der Waals surface area (Å²) in [5.74, 6) is 0.119. The first-order valence-electron chi connectivity index (χ1n) is 6.88. The smallest absolute Gasteiger partial charge is 0.331 e. The van der Waals surface area contributed by atoms with Gasteiger partial charge in [-0.3, -0.25) is 0 Å². The summed E-state index contributed by atoms with van der Waals surface area (Å²) in [7, 11) is -3.28. The summed E-state index contributed by atoms with van der Waals surface area (Å²) in [6.45, 7) is 1.83. The second-order valence-corrected chi connectivity index (χ2v) is 7.07. The molecule has 7 heteroatoms. The third kappa shape index (κ3) is 2.55. The largest absolute Gasteiger partial charge is 0.478 e. The van der Waals surface area contributed by atoms with Gasteiger partial charge in [0.05, 0.1) is 28.1 Å². The summed E-state index contributed by atoms with van der Waals surface area (Å²) in [6, 6.07) is 10.0. The quantitative estimate of drug-likeness (QED) is 0.798. The van der Waals surface area contributed by atoms with Gasteiger partial charge >= 0.3 is 6.01 Å². The molecule has 114 valence electrons. The van der Waals surface area contributed by atoms with Crippen molar-refractivity contribution in [2.24, 2.45) is 0 Å². The van der Waals surface area contributed by atoms with Crippen LogP contribution in [0.2, 0.25) is 0 Å². The molecule has 0 amide bonds. The third-order valence-electron chi connectivity index (χ3n) is 3.35. The first-order valence-corrected chi connectivity index (χ1v) is 8.53. The molecule has 0 aliphatic heterocycles. The molecule has 0 aliphatic carbocycles. The van der Waals surface area contributed by atoms with Gasteiger partial charge in [0.25, 0.3) is 0 Å². The van der Waals surface area contributed by atoms with E-state index in [0.717, 1.165) is 11.1 Å². The molecule has 0 atom stereocenters. The number of fused-ring (bicyclic) bond motifs is 1. The van der Waals surface area contributed by atoms with Crippen molar-refractivity contribution in [1.29, 1.82) is 0 Å². The Bertz CT molecular complexity index is 932. The van der Waals surface area contributed by atoms with E-state index in [-0.39, 0.29) is 11.8 Å². The number of hydrogen-bond acceptors (Lipinski definition) is 5. The van der Waals surface area contributed by atoms with Gasteiger partial charge in [-0.1, -0.05) is 19.1 Å². The van der Waals surface area contributed by atoms with Gasteiger partial charge in [0.1, 0.15) is 0 Å². The summed E-state index contributed by atoms with van der Waals surface area (Å²) < 4.78 is 25.9. The van der Waals surface area contributed by atoms with Crippen LogP contribution in [0.15, 0.2) is 47.5 Å². The molecular weight excluding hydrogens is 302 g/mol. The molecule has 2 heterocycles. The Morgan fingerprint density at radius 2 is 2.05 bits per heavy atom. The summed E-state index contributed by atoms with van der Waals surface area (Å²) in [5.41, 5.74) is 2.13. The van der Waals surface area contributed by atoms with Gasteiger partial charge in [0, 0.05) is 5.56 Å². The molecule has 0 bridgehead atoms. The summed E-state index contributed by atoms with van der Waals surface area (Å²) in [5, 5.41) is 13.4. The molecule has 3 aromatic rings. The van der Waals surface area contributed by atoms with Gasteiger partial charge < -0.3 is 5.11 Å². The van der Waals surface area contributed by atoms with Gasteiger partial charge in [-0.05, 0) is 30.7 Å². The molecule has 0 aliphatic rings. The van der Waals surface area contributed by atoms with Gasteiger partial charge in [-0.2, -0.15) is 0 Å². The number of rotatable bonds is 4. The monoisotopic (exact) mass is 317 g/mol. The molecular formula is C15H15N3O3S. The maximum atomic E-state index is 12.2. The first kappa shape index (κ1) is 14.5. The van der Waals surface area contributed by atoms with Crippen molar-refractivity contribution in [3.63, 3.8) is 0 Å². The lowest BCUT2D eigenvalue weighted by molar-refractivity contribution is 0.419. The lowest BCUT2D eigenvalue weighted by Crippen LogP contribution is -2.06. The molecule has 22 heavy (non-hydrogen) atoms. The minimum atomic E-state index is -3.28. The van der Waals surface area contributed by atoms with Gasteiger partial charge in [-0.15, -0.1) is 5.10 Å². The summed E-state index contributed by atoms with van der Waals surface area (Å²) in [4.78, 5) is 4.01. The molecule has 0 spiro atoms. The van der Waals surface area contributed by atoms with Crippen molar-refractivity contribution in [2.75, 3.05) is 5.75 Å². The highest BCUT2D eigenvalue weighted by Gasteiger charge is 2.15. The lowest BCUT2D eigenvalue weighted by Gasteiger charge is -2.06. The Morgan fingerprint density at radius 3 is 2.82 bits per heavy atom. The molecule has 6 nitrogen and oxygen atoms in total. The van der Waals surface area contributed by atoms with Crippen molar-refractivity contribution in [1.82, 2.24) is 14.6 Å². The minimum absolute atomic E-state index is 0.119. The molecule has 0 radical (unpaired) electrons. The standard InChI is InChI=1S/C15H15N3O3S/c1-2-8-22(20,21)13-5-3-4-11(9-13)14-7-6-12-10-16-15(19)17-18(12)14/h3-7,9-10H,2,8H2,1H3,(H,17,19). The zero-order valence-electron chi connectivity index (χ0n) is 12.0. The topological polar surface area (TPSA) is 84.6 Å². The molecule has 2 aromatic heterocycles. The predicted octanol–water partition coefficient (Wildman–Crippen LogP) is 2.29. The highest BCUT2D eigenvalue weighted by molar-refractivity contribution is 7.91. The lowest BCUT2D eigenvalue weighted by atomic mass is 10.2. The third-order valence-corrected chi connectivity index (χ3v) is 5.27. The van der Waals surface area contributed by atoms with Crippen LogP contribution in [0.1, 0.15) is 13.3 Å². The minimum Gasteiger partial charge on any atom is -0.478 e. The van der Waals surface area contributed by atoms with Crippen molar-refractivity contribution in [2.45, 2.75) is 18.2 Å². The van der Waals surface area contributed by atoms with Crippen molar-refractivity contribution >= 4 is 15.4 Å². The maximum Gasteiger partial charge on any atom is 0.331 e. The zero-order chi connectivity index (χ0) is 15.7. The molecule has 0 saturated carbocycles. The van der Waals surface area contributed by atoms with Crippen LogP contribution in [0.5, 0.6) is 6.01 Å². The molecule has 1 N–H and O–H groups in total. The fourth-order valence-electron chi connectivity index (χ4n) is 2.35. The number of sulfone groups is 1. The van der Waals surface area contributed by atoms with Crippen molar-refractivity contribution in [3.05, 3.63) is 42.6 Å². The average molecular weight is 317 g/mol. The van der Waals surface area contributed by atoms with Crippen LogP contribution < -0.4 is 0 Å². The normalized spacial score (nSPS) is 11.9. The van der Waals surface area contributed by atoms with E-state index in [1.165, 1.54) is 10.7 Å². The van der Waals surface area contributed by atoms with E-state index in [4.69, 9.17) is 0 Å². The van der Waals surface area contributed by atoms with Crippen LogP contribution >= 0.6 is 0 Å². The average Bonchev–Trinajstić information content (AvgIpc) is 2.90. The van der Waals surface area contributed by atoms with Gasteiger partial charge in [-0.25, -0.2) is 17.9 Å². The van der Waals surface area contributed by atoms with Crippen LogP contribution in [0.3, 0.4) is 0 Å². The second-order valence-electron chi connectivity index (χ2n) is 4.96. The van der Waals surface area contributed by atoms with E-state index in [1.54, 1.807) is 18.2 Å². The second kappa shape index (κ2) is 5.42. The van der Waals surface area contributed by atoms with Gasteiger partial charge in [0.2, 0.25) is 0 Å². The number of hydrogen-bond donors (Lipinski definition) is 1.